The lowest BCUT2D eigenvalue weighted by molar-refractivity contribution is -0.140. The SMILES string of the molecule is CCN(CC1CC1)S(=O)(=O)N1CCC[C@@H]1C(=O)O. The van der Waals surface area contributed by atoms with Crippen LogP contribution in [0.15, 0.2) is 0 Å². The minimum Gasteiger partial charge on any atom is -0.480 e. The van der Waals surface area contributed by atoms with Crippen LogP contribution in [0.25, 0.3) is 0 Å². The highest BCUT2D eigenvalue weighted by Gasteiger charge is 2.42. The van der Waals surface area contributed by atoms with Crippen LogP contribution in [0.5, 0.6) is 0 Å². The fraction of sp³-hybridized carbons (Fsp3) is 0.909. The lowest BCUT2D eigenvalue weighted by Gasteiger charge is -2.28. The van der Waals surface area contributed by atoms with Gasteiger partial charge in [0.05, 0.1) is 0 Å². The van der Waals surface area contributed by atoms with Gasteiger partial charge in [-0.3, -0.25) is 4.79 Å². The number of hydrogen-bond donors (Lipinski definition) is 1. The van der Waals surface area contributed by atoms with Crippen LogP contribution >= 0.6 is 0 Å². The van der Waals surface area contributed by atoms with E-state index < -0.39 is 22.2 Å². The van der Waals surface area contributed by atoms with E-state index in [1.54, 1.807) is 6.92 Å². The average Bonchev–Trinajstić information content (AvgIpc) is 2.97. The lowest BCUT2D eigenvalue weighted by atomic mass is 10.2. The number of carbonyl (C=O) groups is 1. The molecule has 0 aromatic heterocycles. The van der Waals surface area contributed by atoms with Gasteiger partial charge in [-0.05, 0) is 31.6 Å². The number of carboxylic acids is 1. The summed E-state index contributed by atoms with van der Waals surface area (Å²) < 4.78 is 27.4. The molecule has 1 saturated carbocycles. The summed E-state index contributed by atoms with van der Waals surface area (Å²) in [6, 6.07) is -0.886. The fourth-order valence-corrected chi connectivity index (χ4v) is 4.29. The minimum absolute atomic E-state index is 0.320. The van der Waals surface area contributed by atoms with E-state index in [9.17, 15) is 13.2 Å². The Labute approximate surface area is 108 Å². The van der Waals surface area contributed by atoms with Crippen LogP contribution in [0, 0.1) is 5.92 Å². The Morgan fingerprint density at radius 3 is 2.56 bits per heavy atom. The quantitative estimate of drug-likeness (QED) is 0.767. The van der Waals surface area contributed by atoms with Crippen LogP contribution in [-0.2, 0) is 15.0 Å². The number of carboxylic acid groups (broad SMARTS) is 1. The van der Waals surface area contributed by atoms with Gasteiger partial charge in [0, 0.05) is 19.6 Å². The number of aliphatic carboxylic acids is 1. The van der Waals surface area contributed by atoms with Crippen molar-refractivity contribution in [3.05, 3.63) is 0 Å². The van der Waals surface area contributed by atoms with E-state index in [1.165, 1.54) is 4.31 Å². The van der Waals surface area contributed by atoms with E-state index in [1.807, 2.05) is 0 Å². The molecule has 1 aliphatic heterocycles. The first-order valence-electron chi connectivity index (χ1n) is 6.46. The molecule has 7 heteroatoms. The number of rotatable bonds is 6. The Balaban J connectivity index is 2.14. The third kappa shape index (κ3) is 2.67. The van der Waals surface area contributed by atoms with Crippen molar-refractivity contribution in [1.29, 1.82) is 0 Å². The van der Waals surface area contributed by atoms with Gasteiger partial charge < -0.3 is 5.11 Å². The Hall–Kier alpha value is -0.660. The highest BCUT2D eigenvalue weighted by molar-refractivity contribution is 7.86. The van der Waals surface area contributed by atoms with Crippen LogP contribution in [0.4, 0.5) is 0 Å². The zero-order valence-electron chi connectivity index (χ0n) is 10.6. The molecule has 0 bridgehead atoms. The summed E-state index contributed by atoms with van der Waals surface area (Å²) in [5.41, 5.74) is 0. The van der Waals surface area contributed by atoms with Gasteiger partial charge in [0.1, 0.15) is 6.04 Å². The molecule has 0 spiro atoms. The van der Waals surface area contributed by atoms with Crippen molar-refractivity contribution in [2.45, 2.75) is 38.6 Å². The molecule has 18 heavy (non-hydrogen) atoms. The first-order chi connectivity index (χ1) is 8.46. The van der Waals surface area contributed by atoms with Gasteiger partial charge in [-0.2, -0.15) is 17.0 Å². The highest BCUT2D eigenvalue weighted by Crippen LogP contribution is 2.32. The smallest absolute Gasteiger partial charge is 0.322 e. The molecular weight excluding hydrogens is 256 g/mol. The molecule has 0 radical (unpaired) electrons. The molecule has 2 rings (SSSR count). The molecule has 0 aromatic rings. The maximum Gasteiger partial charge on any atom is 0.322 e. The summed E-state index contributed by atoms with van der Waals surface area (Å²) in [4.78, 5) is 11.1. The molecule has 2 fully saturated rings. The van der Waals surface area contributed by atoms with Gasteiger partial charge in [-0.1, -0.05) is 6.92 Å². The van der Waals surface area contributed by atoms with Crippen molar-refractivity contribution in [2.75, 3.05) is 19.6 Å². The molecule has 1 atom stereocenters. The predicted octanol–water partition coefficient (Wildman–Crippen LogP) is 0.512. The molecule has 1 aliphatic carbocycles. The minimum atomic E-state index is -3.61. The van der Waals surface area contributed by atoms with Crippen molar-refractivity contribution in [3.63, 3.8) is 0 Å². The van der Waals surface area contributed by atoms with Gasteiger partial charge >= 0.3 is 5.97 Å². The summed E-state index contributed by atoms with van der Waals surface area (Å²) >= 11 is 0. The summed E-state index contributed by atoms with van der Waals surface area (Å²) in [5, 5.41) is 9.07. The number of hydrogen-bond acceptors (Lipinski definition) is 3. The zero-order valence-corrected chi connectivity index (χ0v) is 11.4. The molecule has 6 nitrogen and oxygen atoms in total. The standard InChI is InChI=1S/C11H20N2O4S/c1-2-12(8-9-5-6-9)18(16,17)13-7-3-4-10(13)11(14)15/h9-10H,2-8H2,1H3,(H,14,15)/t10-/m1/s1. The van der Waals surface area contributed by atoms with E-state index in [0.29, 0.717) is 38.4 Å². The second kappa shape index (κ2) is 5.14. The van der Waals surface area contributed by atoms with Gasteiger partial charge in [-0.25, -0.2) is 0 Å². The Morgan fingerprint density at radius 2 is 2.06 bits per heavy atom. The molecule has 0 aromatic carbocycles. The van der Waals surface area contributed by atoms with Crippen LogP contribution in [0.1, 0.15) is 32.6 Å². The Bertz CT molecular complexity index is 419. The first-order valence-corrected chi connectivity index (χ1v) is 7.86. The van der Waals surface area contributed by atoms with E-state index in [-0.39, 0.29) is 0 Å². The van der Waals surface area contributed by atoms with Crippen LogP contribution in [-0.4, -0.2) is 53.8 Å². The first kappa shape index (κ1) is 13.8. The topological polar surface area (TPSA) is 77.9 Å². The third-order valence-corrected chi connectivity index (χ3v) is 5.71. The van der Waals surface area contributed by atoms with Crippen LogP contribution in [0.2, 0.25) is 0 Å². The second-order valence-electron chi connectivity index (χ2n) is 5.01. The van der Waals surface area contributed by atoms with E-state index >= 15 is 0 Å². The predicted molar refractivity (Wildman–Crippen MR) is 66.3 cm³/mol. The van der Waals surface area contributed by atoms with Crippen molar-refractivity contribution in [1.82, 2.24) is 8.61 Å². The van der Waals surface area contributed by atoms with Crippen molar-refractivity contribution < 1.29 is 18.3 Å². The molecule has 2 aliphatic rings. The summed E-state index contributed by atoms with van der Waals surface area (Å²) in [7, 11) is -3.61. The molecule has 0 amide bonds. The molecule has 1 N–H and O–H groups in total. The molecule has 1 saturated heterocycles. The second-order valence-corrected chi connectivity index (χ2v) is 6.89. The van der Waals surface area contributed by atoms with Crippen molar-refractivity contribution >= 4 is 16.2 Å². The summed E-state index contributed by atoms with van der Waals surface area (Å²) in [6.07, 6.45) is 3.19. The maximum absolute atomic E-state index is 12.4. The molecular formula is C11H20N2O4S. The summed E-state index contributed by atoms with van der Waals surface area (Å²) in [5.74, 6) is -0.579. The fourth-order valence-electron chi connectivity index (χ4n) is 2.39. The molecule has 0 unspecified atom stereocenters. The zero-order chi connectivity index (χ0) is 13.3. The van der Waals surface area contributed by atoms with E-state index in [4.69, 9.17) is 5.11 Å². The maximum atomic E-state index is 12.4. The molecule has 104 valence electrons. The van der Waals surface area contributed by atoms with Gasteiger partial charge in [-0.15, -0.1) is 0 Å². The van der Waals surface area contributed by atoms with E-state index in [0.717, 1.165) is 17.1 Å². The van der Waals surface area contributed by atoms with E-state index in [2.05, 4.69) is 0 Å². The van der Waals surface area contributed by atoms with Crippen LogP contribution in [0.3, 0.4) is 0 Å². The van der Waals surface area contributed by atoms with Gasteiger partial charge in [0.15, 0.2) is 0 Å². The Morgan fingerprint density at radius 1 is 1.39 bits per heavy atom. The average molecular weight is 276 g/mol. The normalized spacial score (nSPS) is 25.8. The highest BCUT2D eigenvalue weighted by atomic mass is 32.2. The monoisotopic (exact) mass is 276 g/mol. The Kier molecular flexibility index (Phi) is 3.93. The number of nitrogens with zero attached hydrogens (tertiary/aromatic N) is 2. The van der Waals surface area contributed by atoms with Gasteiger partial charge in [0.2, 0.25) is 0 Å². The third-order valence-electron chi connectivity index (χ3n) is 3.62. The lowest BCUT2D eigenvalue weighted by Crippen LogP contribution is -2.48. The largest absolute Gasteiger partial charge is 0.480 e. The summed E-state index contributed by atoms with van der Waals surface area (Å²) in [6.45, 7) is 3.05. The van der Waals surface area contributed by atoms with Crippen LogP contribution < -0.4 is 0 Å². The van der Waals surface area contributed by atoms with Crippen molar-refractivity contribution in [3.8, 4) is 0 Å². The van der Waals surface area contributed by atoms with Crippen molar-refractivity contribution in [2.24, 2.45) is 5.92 Å². The van der Waals surface area contributed by atoms with Gasteiger partial charge in [0.25, 0.3) is 10.2 Å². The molecule has 1 heterocycles.